The summed E-state index contributed by atoms with van der Waals surface area (Å²) < 4.78 is 0. The SMILES string of the molecule is O=C(CCc1c[nH]c2ccccc12)N1CCCC2=C[C@H]3C[C@@H](CN4CCCC[C@H]34)[C@@H]21. The molecule has 4 heterocycles. The number of amides is 1. The number of carbonyl (C=O) groups excluding carboxylic acids is 1. The molecular weight excluding hydrogens is 370 g/mol. The number of fused-ring (bicyclic) bond motifs is 7. The van der Waals surface area contributed by atoms with Crippen LogP contribution in [0.4, 0.5) is 0 Å². The summed E-state index contributed by atoms with van der Waals surface area (Å²) in [6.07, 6.45) is 13.9. The summed E-state index contributed by atoms with van der Waals surface area (Å²) in [4.78, 5) is 21.8. The number of hydrogen-bond donors (Lipinski definition) is 1. The summed E-state index contributed by atoms with van der Waals surface area (Å²) in [5, 5.41) is 1.26. The van der Waals surface area contributed by atoms with Gasteiger partial charge in [0.1, 0.15) is 0 Å². The molecule has 6 rings (SSSR count). The van der Waals surface area contributed by atoms with Gasteiger partial charge >= 0.3 is 0 Å². The number of aromatic amines is 1. The number of benzene rings is 1. The van der Waals surface area contributed by atoms with Gasteiger partial charge in [0, 0.05) is 42.7 Å². The number of carbonyl (C=O) groups is 1. The Morgan fingerprint density at radius 2 is 2.07 bits per heavy atom. The van der Waals surface area contributed by atoms with Gasteiger partial charge in [0.05, 0.1) is 6.04 Å². The molecular formula is C26H33N3O. The Hall–Kier alpha value is -2.07. The van der Waals surface area contributed by atoms with Gasteiger partial charge < -0.3 is 9.88 Å². The molecule has 30 heavy (non-hydrogen) atoms. The zero-order valence-electron chi connectivity index (χ0n) is 17.9. The van der Waals surface area contributed by atoms with Crippen molar-refractivity contribution >= 4 is 16.8 Å². The van der Waals surface area contributed by atoms with E-state index in [0.717, 1.165) is 31.3 Å². The second-order valence-electron chi connectivity index (χ2n) is 9.95. The van der Waals surface area contributed by atoms with Crippen molar-refractivity contribution in [2.75, 3.05) is 19.6 Å². The van der Waals surface area contributed by atoms with Crippen LogP contribution in [-0.2, 0) is 11.2 Å². The van der Waals surface area contributed by atoms with Crippen LogP contribution in [0.5, 0.6) is 0 Å². The number of likely N-dealkylation sites (tertiary alicyclic amines) is 1. The maximum Gasteiger partial charge on any atom is 0.223 e. The van der Waals surface area contributed by atoms with Crippen molar-refractivity contribution in [1.82, 2.24) is 14.8 Å². The minimum absolute atomic E-state index is 0.357. The maximum atomic E-state index is 13.4. The number of aromatic nitrogens is 1. The van der Waals surface area contributed by atoms with Gasteiger partial charge in [-0.3, -0.25) is 9.69 Å². The second-order valence-corrected chi connectivity index (χ2v) is 9.95. The van der Waals surface area contributed by atoms with E-state index in [-0.39, 0.29) is 0 Å². The topological polar surface area (TPSA) is 39.3 Å². The van der Waals surface area contributed by atoms with Crippen molar-refractivity contribution in [2.24, 2.45) is 11.8 Å². The summed E-state index contributed by atoms with van der Waals surface area (Å²) in [7, 11) is 0. The zero-order chi connectivity index (χ0) is 20.1. The van der Waals surface area contributed by atoms with Crippen LogP contribution in [0.15, 0.2) is 42.1 Å². The number of para-hydroxylation sites is 1. The molecule has 2 bridgehead atoms. The van der Waals surface area contributed by atoms with Crippen LogP contribution in [-0.4, -0.2) is 52.4 Å². The number of nitrogens with one attached hydrogen (secondary N) is 1. The van der Waals surface area contributed by atoms with Gasteiger partial charge in [-0.25, -0.2) is 0 Å². The Labute approximate surface area is 179 Å². The predicted octanol–water partition coefficient (Wildman–Crippen LogP) is 4.52. The first kappa shape index (κ1) is 18.7. The average molecular weight is 404 g/mol. The molecule has 0 unspecified atom stereocenters. The van der Waals surface area contributed by atoms with Gasteiger partial charge in [-0.15, -0.1) is 0 Å². The van der Waals surface area contributed by atoms with Crippen LogP contribution >= 0.6 is 0 Å². The molecule has 1 aliphatic carbocycles. The molecule has 3 fully saturated rings. The minimum Gasteiger partial charge on any atom is -0.361 e. The molecule has 3 aliphatic heterocycles. The van der Waals surface area contributed by atoms with E-state index in [4.69, 9.17) is 0 Å². The van der Waals surface area contributed by atoms with Crippen LogP contribution in [0.3, 0.4) is 0 Å². The molecule has 0 saturated carbocycles. The molecule has 4 aliphatic rings. The third-order valence-corrected chi connectivity index (χ3v) is 8.26. The third-order valence-electron chi connectivity index (χ3n) is 8.26. The molecule has 1 aromatic carbocycles. The number of piperidine rings is 3. The fourth-order valence-corrected chi connectivity index (χ4v) is 6.98. The minimum atomic E-state index is 0.357. The van der Waals surface area contributed by atoms with Crippen LogP contribution in [0, 0.1) is 11.8 Å². The van der Waals surface area contributed by atoms with Gasteiger partial charge in [-0.05, 0) is 68.5 Å². The summed E-state index contributed by atoms with van der Waals surface area (Å²) >= 11 is 0. The lowest BCUT2D eigenvalue weighted by molar-refractivity contribution is -0.136. The summed E-state index contributed by atoms with van der Waals surface area (Å²) in [5.41, 5.74) is 4.03. The lowest BCUT2D eigenvalue weighted by atomic mass is 9.68. The Balaban J connectivity index is 1.20. The predicted molar refractivity (Wildman–Crippen MR) is 120 cm³/mol. The smallest absolute Gasteiger partial charge is 0.223 e. The highest BCUT2D eigenvalue weighted by Gasteiger charge is 2.46. The summed E-state index contributed by atoms with van der Waals surface area (Å²) in [5.74, 6) is 1.73. The van der Waals surface area contributed by atoms with E-state index >= 15 is 0 Å². The normalized spacial score (nSPS) is 31.2. The lowest BCUT2D eigenvalue weighted by Gasteiger charge is -2.54. The molecule has 4 heteroatoms. The standard InChI is InChI=1S/C26H33N3O/c30-25(11-10-19-16-27-23-8-2-1-7-22(19)23)29-13-5-6-18-14-20-15-21(26(18)29)17-28-12-4-3-9-24(20)28/h1-2,7-8,14,16,20-21,24,26-27H,3-6,9-13,15,17H2/t20-,21-,24+,26+/m0/s1. The highest BCUT2D eigenvalue weighted by molar-refractivity contribution is 5.84. The maximum absolute atomic E-state index is 13.4. The Morgan fingerprint density at radius 1 is 1.13 bits per heavy atom. The largest absolute Gasteiger partial charge is 0.361 e. The van der Waals surface area contributed by atoms with E-state index < -0.39 is 0 Å². The monoisotopic (exact) mass is 403 g/mol. The third kappa shape index (κ3) is 3.11. The van der Waals surface area contributed by atoms with E-state index in [0.29, 0.717) is 24.3 Å². The number of aryl methyl sites for hydroxylation is 1. The summed E-state index contributed by atoms with van der Waals surface area (Å²) in [6, 6.07) is 9.55. The van der Waals surface area contributed by atoms with Gasteiger partial charge in [-0.2, -0.15) is 0 Å². The molecule has 158 valence electrons. The molecule has 1 amide bonds. The van der Waals surface area contributed by atoms with Crippen LogP contribution < -0.4 is 0 Å². The molecule has 3 saturated heterocycles. The number of rotatable bonds is 3. The first-order valence-corrected chi connectivity index (χ1v) is 12.1. The van der Waals surface area contributed by atoms with Gasteiger partial charge in [0.2, 0.25) is 5.91 Å². The number of nitrogens with zero attached hydrogens (tertiary/aromatic N) is 2. The van der Waals surface area contributed by atoms with E-state index in [2.05, 4.69) is 51.3 Å². The van der Waals surface area contributed by atoms with E-state index in [1.165, 1.54) is 61.7 Å². The van der Waals surface area contributed by atoms with Crippen LogP contribution in [0.2, 0.25) is 0 Å². The van der Waals surface area contributed by atoms with Crippen LogP contribution in [0.25, 0.3) is 10.9 Å². The molecule has 0 radical (unpaired) electrons. The van der Waals surface area contributed by atoms with E-state index in [1.54, 1.807) is 5.57 Å². The Morgan fingerprint density at radius 3 is 3.03 bits per heavy atom. The lowest BCUT2D eigenvalue weighted by Crippen LogP contribution is -2.60. The van der Waals surface area contributed by atoms with Crippen molar-refractivity contribution in [1.29, 1.82) is 0 Å². The fraction of sp³-hybridized carbons (Fsp3) is 0.577. The molecule has 1 aromatic heterocycles. The highest BCUT2D eigenvalue weighted by atomic mass is 16.2. The van der Waals surface area contributed by atoms with Crippen LogP contribution in [0.1, 0.15) is 50.5 Å². The fourth-order valence-electron chi connectivity index (χ4n) is 6.98. The van der Waals surface area contributed by atoms with Gasteiger partial charge in [0.15, 0.2) is 0 Å². The molecule has 4 atom stereocenters. The first-order valence-electron chi connectivity index (χ1n) is 12.1. The van der Waals surface area contributed by atoms with Gasteiger partial charge in [-0.1, -0.05) is 36.3 Å². The van der Waals surface area contributed by atoms with E-state index in [9.17, 15) is 4.79 Å². The van der Waals surface area contributed by atoms with E-state index in [1.807, 2.05) is 0 Å². The zero-order valence-corrected chi connectivity index (χ0v) is 17.9. The first-order chi connectivity index (χ1) is 14.8. The molecule has 2 aromatic rings. The van der Waals surface area contributed by atoms with Gasteiger partial charge in [0.25, 0.3) is 0 Å². The average Bonchev–Trinajstić information content (AvgIpc) is 3.20. The molecule has 4 nitrogen and oxygen atoms in total. The van der Waals surface area contributed by atoms with Crippen molar-refractivity contribution in [2.45, 2.75) is 63.5 Å². The summed E-state index contributed by atoms with van der Waals surface area (Å²) in [6.45, 7) is 3.41. The number of H-pyrrole nitrogens is 1. The quantitative estimate of drug-likeness (QED) is 0.765. The van der Waals surface area contributed by atoms with Crippen molar-refractivity contribution in [3.8, 4) is 0 Å². The molecule has 0 spiro atoms. The van der Waals surface area contributed by atoms with Crippen molar-refractivity contribution in [3.63, 3.8) is 0 Å². The molecule has 1 N–H and O–H groups in total. The van der Waals surface area contributed by atoms with Crippen molar-refractivity contribution < 1.29 is 4.79 Å². The highest BCUT2D eigenvalue weighted by Crippen LogP contribution is 2.45. The number of hydrogen-bond acceptors (Lipinski definition) is 2. The van der Waals surface area contributed by atoms with Crippen molar-refractivity contribution in [3.05, 3.63) is 47.7 Å². The Kier molecular flexibility index (Phi) is 4.71. The second kappa shape index (κ2) is 7.56. The Bertz CT molecular complexity index is 976.